The third-order valence-corrected chi connectivity index (χ3v) is 5.78. The summed E-state index contributed by atoms with van der Waals surface area (Å²) in [5.74, 6) is 0.169. The summed E-state index contributed by atoms with van der Waals surface area (Å²) in [6.45, 7) is 2.25. The number of carbonyl (C=O) groups is 1. The van der Waals surface area contributed by atoms with Gasteiger partial charge in [-0.3, -0.25) is 4.79 Å². The minimum absolute atomic E-state index is 0.152. The molecule has 2 heterocycles. The van der Waals surface area contributed by atoms with Crippen LogP contribution in [0.3, 0.4) is 0 Å². The van der Waals surface area contributed by atoms with Crippen LogP contribution in [-0.2, 0) is 11.3 Å². The molecular weight excluding hydrogens is 392 g/mol. The van der Waals surface area contributed by atoms with Crippen molar-refractivity contribution in [3.05, 3.63) is 64.1 Å². The van der Waals surface area contributed by atoms with Crippen LogP contribution in [0.2, 0.25) is 0 Å². The SMILES string of the molecule is CN1CCN(C(=O)C2CC(c3ccc(Br)cc3)NN2)Cc2ccccc21. The summed E-state index contributed by atoms with van der Waals surface area (Å²) in [5, 5.41) is 0. The lowest BCUT2D eigenvalue weighted by atomic mass is 10.0. The lowest BCUT2D eigenvalue weighted by Crippen LogP contribution is -2.46. The molecular formula is C20H23BrN4O. The molecule has 1 amide bonds. The normalized spacial score (nSPS) is 22.8. The van der Waals surface area contributed by atoms with E-state index in [4.69, 9.17) is 0 Å². The molecule has 0 aliphatic carbocycles. The van der Waals surface area contributed by atoms with Crippen LogP contribution in [0.5, 0.6) is 0 Å². The highest BCUT2D eigenvalue weighted by molar-refractivity contribution is 9.10. The van der Waals surface area contributed by atoms with E-state index in [1.807, 2.05) is 23.1 Å². The van der Waals surface area contributed by atoms with Gasteiger partial charge in [0.25, 0.3) is 0 Å². The second kappa shape index (κ2) is 7.39. The fraction of sp³-hybridized carbons (Fsp3) is 0.350. The molecule has 0 radical (unpaired) electrons. The first-order valence-electron chi connectivity index (χ1n) is 8.96. The van der Waals surface area contributed by atoms with Gasteiger partial charge in [-0.25, -0.2) is 10.9 Å². The van der Waals surface area contributed by atoms with E-state index in [9.17, 15) is 4.79 Å². The van der Waals surface area contributed by atoms with Crippen molar-refractivity contribution in [2.45, 2.75) is 25.0 Å². The summed E-state index contributed by atoms with van der Waals surface area (Å²) in [7, 11) is 2.09. The molecule has 6 heteroatoms. The molecule has 0 bridgehead atoms. The second-order valence-electron chi connectivity index (χ2n) is 6.99. The summed E-state index contributed by atoms with van der Waals surface area (Å²) in [5.41, 5.74) is 10.1. The van der Waals surface area contributed by atoms with Crippen molar-refractivity contribution in [1.82, 2.24) is 15.8 Å². The van der Waals surface area contributed by atoms with E-state index in [-0.39, 0.29) is 18.0 Å². The molecule has 5 nitrogen and oxygen atoms in total. The molecule has 0 spiro atoms. The Morgan fingerprint density at radius 3 is 2.65 bits per heavy atom. The van der Waals surface area contributed by atoms with Gasteiger partial charge < -0.3 is 9.80 Å². The van der Waals surface area contributed by atoms with Crippen LogP contribution in [0, 0.1) is 0 Å². The Balaban J connectivity index is 1.46. The fourth-order valence-corrected chi connectivity index (χ4v) is 4.00. The number of amides is 1. The van der Waals surface area contributed by atoms with Crippen LogP contribution >= 0.6 is 15.9 Å². The van der Waals surface area contributed by atoms with Crippen molar-refractivity contribution in [2.75, 3.05) is 25.0 Å². The molecule has 0 saturated carbocycles. The van der Waals surface area contributed by atoms with Crippen molar-refractivity contribution in [1.29, 1.82) is 0 Å². The van der Waals surface area contributed by atoms with Crippen molar-refractivity contribution in [2.24, 2.45) is 0 Å². The van der Waals surface area contributed by atoms with Gasteiger partial charge in [0, 0.05) is 42.9 Å². The summed E-state index contributed by atoms with van der Waals surface area (Å²) < 4.78 is 1.06. The van der Waals surface area contributed by atoms with E-state index in [0.29, 0.717) is 6.54 Å². The topological polar surface area (TPSA) is 47.6 Å². The van der Waals surface area contributed by atoms with Crippen molar-refractivity contribution in [3.8, 4) is 0 Å². The highest BCUT2D eigenvalue weighted by Gasteiger charge is 2.33. The number of halogens is 1. The number of hydrogen-bond donors (Lipinski definition) is 2. The summed E-state index contributed by atoms with van der Waals surface area (Å²) in [4.78, 5) is 17.3. The molecule has 2 atom stereocenters. The van der Waals surface area contributed by atoms with Gasteiger partial charge in [-0.2, -0.15) is 0 Å². The maximum absolute atomic E-state index is 13.1. The lowest BCUT2D eigenvalue weighted by Gasteiger charge is -2.24. The number of likely N-dealkylation sites (N-methyl/N-ethyl adjacent to an activating group) is 1. The molecule has 2 aromatic carbocycles. The number of benzene rings is 2. The molecule has 2 aliphatic rings. The summed E-state index contributed by atoms with van der Waals surface area (Å²) in [6.07, 6.45) is 0.758. The fourth-order valence-electron chi connectivity index (χ4n) is 3.73. The largest absolute Gasteiger partial charge is 0.373 e. The maximum atomic E-state index is 13.1. The quantitative estimate of drug-likeness (QED) is 0.792. The predicted octanol–water partition coefficient (Wildman–Crippen LogP) is 2.84. The number of para-hydroxylation sites is 1. The third-order valence-electron chi connectivity index (χ3n) is 5.25. The van der Waals surface area contributed by atoms with E-state index in [2.05, 4.69) is 69.1 Å². The third kappa shape index (κ3) is 3.49. The van der Waals surface area contributed by atoms with Crippen LogP contribution in [0.15, 0.2) is 53.0 Å². The van der Waals surface area contributed by atoms with Crippen LogP contribution in [0.25, 0.3) is 0 Å². The number of fused-ring (bicyclic) bond motifs is 1. The Morgan fingerprint density at radius 2 is 1.85 bits per heavy atom. The Hall–Kier alpha value is -1.89. The van der Waals surface area contributed by atoms with Crippen molar-refractivity contribution >= 4 is 27.5 Å². The Bertz CT molecular complexity index is 795. The molecule has 26 heavy (non-hydrogen) atoms. The molecule has 2 aromatic rings. The molecule has 1 saturated heterocycles. The van der Waals surface area contributed by atoms with Crippen molar-refractivity contribution in [3.63, 3.8) is 0 Å². The maximum Gasteiger partial charge on any atom is 0.241 e. The minimum Gasteiger partial charge on any atom is -0.373 e. The molecule has 0 aromatic heterocycles. The van der Waals surface area contributed by atoms with Crippen molar-refractivity contribution < 1.29 is 4.79 Å². The molecule has 4 rings (SSSR count). The zero-order valence-corrected chi connectivity index (χ0v) is 16.4. The Morgan fingerprint density at radius 1 is 1.08 bits per heavy atom. The number of hydrazine groups is 1. The van der Waals surface area contributed by atoms with E-state index in [0.717, 1.165) is 24.0 Å². The molecule has 136 valence electrons. The standard InChI is InChI=1S/C20H23BrN4O/c1-24-10-11-25(13-15-4-2-3-5-19(15)24)20(26)18-12-17(22-23-18)14-6-8-16(21)9-7-14/h2-9,17-18,22-23H,10-13H2,1H3. The second-order valence-corrected chi connectivity index (χ2v) is 7.91. The van der Waals surface area contributed by atoms with Gasteiger partial charge in [0.05, 0.1) is 0 Å². The molecule has 1 fully saturated rings. The predicted molar refractivity (Wildman–Crippen MR) is 107 cm³/mol. The lowest BCUT2D eigenvalue weighted by molar-refractivity contribution is -0.133. The number of carbonyl (C=O) groups excluding carboxylic acids is 1. The minimum atomic E-state index is -0.195. The monoisotopic (exact) mass is 414 g/mol. The molecule has 2 aliphatic heterocycles. The Kier molecular flexibility index (Phi) is 4.98. The highest BCUT2D eigenvalue weighted by atomic mass is 79.9. The van der Waals surface area contributed by atoms with Crippen LogP contribution in [0.4, 0.5) is 5.69 Å². The first kappa shape index (κ1) is 17.5. The molecule has 2 N–H and O–H groups in total. The zero-order chi connectivity index (χ0) is 18.1. The average Bonchev–Trinajstić information content (AvgIpc) is 3.08. The van der Waals surface area contributed by atoms with Crippen LogP contribution in [0.1, 0.15) is 23.6 Å². The highest BCUT2D eigenvalue weighted by Crippen LogP contribution is 2.27. The van der Waals surface area contributed by atoms with E-state index in [1.165, 1.54) is 16.8 Å². The Labute approximate surface area is 162 Å². The van der Waals surface area contributed by atoms with Gasteiger partial charge in [-0.15, -0.1) is 0 Å². The van der Waals surface area contributed by atoms with Gasteiger partial charge in [0.15, 0.2) is 0 Å². The van der Waals surface area contributed by atoms with E-state index < -0.39 is 0 Å². The van der Waals surface area contributed by atoms with Crippen LogP contribution in [-0.4, -0.2) is 37.0 Å². The first-order chi connectivity index (χ1) is 12.6. The number of rotatable bonds is 2. The average molecular weight is 415 g/mol. The van der Waals surface area contributed by atoms with Gasteiger partial charge in [-0.05, 0) is 35.7 Å². The summed E-state index contributed by atoms with van der Waals surface area (Å²) >= 11 is 3.47. The van der Waals surface area contributed by atoms with Gasteiger partial charge in [0.2, 0.25) is 5.91 Å². The van der Waals surface area contributed by atoms with E-state index in [1.54, 1.807) is 0 Å². The number of anilines is 1. The zero-order valence-electron chi connectivity index (χ0n) is 14.8. The smallest absolute Gasteiger partial charge is 0.241 e. The number of hydrogen-bond acceptors (Lipinski definition) is 4. The molecule has 2 unspecified atom stereocenters. The van der Waals surface area contributed by atoms with Crippen LogP contribution < -0.4 is 15.8 Å². The number of nitrogens with zero attached hydrogens (tertiary/aromatic N) is 2. The van der Waals surface area contributed by atoms with Gasteiger partial charge in [-0.1, -0.05) is 46.3 Å². The first-order valence-corrected chi connectivity index (χ1v) is 9.75. The number of nitrogens with one attached hydrogen (secondary N) is 2. The van der Waals surface area contributed by atoms with E-state index >= 15 is 0 Å². The summed E-state index contributed by atoms with van der Waals surface area (Å²) in [6, 6.07) is 16.5. The van der Waals surface area contributed by atoms with Gasteiger partial charge in [0.1, 0.15) is 6.04 Å². The van der Waals surface area contributed by atoms with Gasteiger partial charge >= 0.3 is 0 Å².